The molecule has 1 aliphatic heterocycles. The number of carbonyl (C=O) groups is 1. The van der Waals surface area contributed by atoms with E-state index in [1.54, 1.807) is 0 Å². The van der Waals surface area contributed by atoms with Gasteiger partial charge in [0.05, 0.1) is 0 Å². The molecular weight excluding hydrogens is 264 g/mol. The van der Waals surface area contributed by atoms with Gasteiger partial charge in [0.25, 0.3) is 0 Å². The first-order valence-electron chi connectivity index (χ1n) is 7.86. The monoisotopic (exact) mass is 292 g/mol. The molecule has 118 valence electrons. The lowest BCUT2D eigenvalue weighted by atomic mass is 9.94. The average molecular weight is 292 g/mol. The number of aromatic amines is 1. The molecular formula is C16H28N4O. The Kier molecular flexibility index (Phi) is 5.04. The van der Waals surface area contributed by atoms with Crippen molar-refractivity contribution in [3.05, 3.63) is 17.7 Å². The number of hydrogen-bond donors (Lipinski definition) is 2. The number of nitrogens with zero attached hydrogens (tertiary/aromatic N) is 2. The summed E-state index contributed by atoms with van der Waals surface area (Å²) in [6, 6.07) is 0. The molecule has 0 saturated carbocycles. The maximum atomic E-state index is 11.9. The van der Waals surface area contributed by atoms with Crippen molar-refractivity contribution in [1.82, 2.24) is 20.2 Å². The van der Waals surface area contributed by atoms with Gasteiger partial charge in [-0.1, -0.05) is 20.8 Å². The zero-order chi connectivity index (χ0) is 15.5. The largest absolute Gasteiger partial charge is 0.355 e. The number of amides is 1. The summed E-state index contributed by atoms with van der Waals surface area (Å²) in [5.41, 5.74) is 0.869. The highest BCUT2D eigenvalue weighted by atomic mass is 16.2. The second-order valence-corrected chi connectivity index (χ2v) is 7.20. The van der Waals surface area contributed by atoms with Gasteiger partial charge in [-0.25, -0.2) is 4.98 Å². The molecule has 0 aromatic carbocycles. The van der Waals surface area contributed by atoms with Crippen molar-refractivity contribution in [2.45, 2.75) is 47.1 Å². The van der Waals surface area contributed by atoms with E-state index in [1.807, 2.05) is 33.9 Å². The van der Waals surface area contributed by atoms with E-state index in [0.717, 1.165) is 32.0 Å². The summed E-state index contributed by atoms with van der Waals surface area (Å²) in [5.74, 6) is 1.66. The summed E-state index contributed by atoms with van der Waals surface area (Å²) < 4.78 is 0. The van der Waals surface area contributed by atoms with Crippen molar-refractivity contribution < 1.29 is 4.79 Å². The molecule has 2 heterocycles. The Morgan fingerprint density at radius 1 is 1.52 bits per heavy atom. The zero-order valence-corrected chi connectivity index (χ0v) is 13.7. The average Bonchev–Trinajstić information content (AvgIpc) is 2.80. The molecule has 1 aromatic rings. The number of H-pyrrole nitrogens is 1. The Morgan fingerprint density at radius 2 is 2.29 bits per heavy atom. The van der Waals surface area contributed by atoms with Gasteiger partial charge in [0.1, 0.15) is 5.82 Å². The van der Waals surface area contributed by atoms with Crippen molar-refractivity contribution in [1.29, 1.82) is 0 Å². The third-order valence-electron chi connectivity index (χ3n) is 3.99. The lowest BCUT2D eigenvalue weighted by molar-refractivity contribution is -0.128. The minimum Gasteiger partial charge on any atom is -0.355 e. The van der Waals surface area contributed by atoms with Crippen LogP contribution in [0.1, 0.15) is 45.1 Å². The summed E-state index contributed by atoms with van der Waals surface area (Å²) in [6.45, 7) is 11.7. The van der Waals surface area contributed by atoms with Crippen LogP contribution in [0.25, 0.3) is 0 Å². The number of piperidine rings is 1. The molecule has 1 fully saturated rings. The Bertz CT molecular complexity index is 475. The summed E-state index contributed by atoms with van der Waals surface area (Å²) >= 11 is 0. The molecule has 21 heavy (non-hydrogen) atoms. The smallest absolute Gasteiger partial charge is 0.225 e. The standard InChI is InChI=1S/C16H28N4O/c1-12-17-9-14(19-12)11-20-7-5-6-13(10-20)8-18-15(21)16(2,3)4/h9,13H,5-8,10-11H2,1-4H3,(H,17,19)(H,18,21). The number of imidazole rings is 1. The third-order valence-corrected chi connectivity index (χ3v) is 3.99. The zero-order valence-electron chi connectivity index (χ0n) is 13.7. The minimum atomic E-state index is -0.304. The number of hydrogen-bond acceptors (Lipinski definition) is 3. The van der Waals surface area contributed by atoms with E-state index >= 15 is 0 Å². The molecule has 0 radical (unpaired) electrons. The van der Waals surface area contributed by atoms with Gasteiger partial charge in [0.2, 0.25) is 5.91 Å². The first kappa shape index (κ1) is 16.0. The van der Waals surface area contributed by atoms with Crippen LogP contribution in [-0.4, -0.2) is 40.4 Å². The lowest BCUT2D eigenvalue weighted by Crippen LogP contribution is -2.43. The molecule has 1 aromatic heterocycles. The maximum Gasteiger partial charge on any atom is 0.225 e. The SMILES string of the molecule is Cc1ncc(CN2CCCC(CNC(=O)C(C)(C)C)C2)[nH]1. The van der Waals surface area contributed by atoms with E-state index in [0.29, 0.717) is 5.92 Å². The molecule has 2 N–H and O–H groups in total. The molecule has 5 heteroatoms. The predicted octanol–water partition coefficient (Wildman–Crippen LogP) is 2.09. The van der Waals surface area contributed by atoms with Crippen molar-refractivity contribution in [2.75, 3.05) is 19.6 Å². The minimum absolute atomic E-state index is 0.142. The molecule has 1 saturated heterocycles. The molecule has 5 nitrogen and oxygen atoms in total. The molecule has 0 spiro atoms. The highest BCUT2D eigenvalue weighted by Crippen LogP contribution is 2.19. The van der Waals surface area contributed by atoms with E-state index in [2.05, 4.69) is 20.2 Å². The van der Waals surface area contributed by atoms with Crippen LogP contribution in [0, 0.1) is 18.3 Å². The van der Waals surface area contributed by atoms with Gasteiger partial charge in [-0.05, 0) is 32.2 Å². The number of carbonyl (C=O) groups excluding carboxylic acids is 1. The van der Waals surface area contributed by atoms with Crippen LogP contribution in [0.3, 0.4) is 0 Å². The normalized spacial score (nSPS) is 20.5. The molecule has 1 amide bonds. The fourth-order valence-electron chi connectivity index (χ4n) is 2.76. The maximum absolute atomic E-state index is 11.9. The van der Waals surface area contributed by atoms with Gasteiger partial charge in [-0.15, -0.1) is 0 Å². The third kappa shape index (κ3) is 4.84. The number of rotatable bonds is 4. The van der Waals surface area contributed by atoms with Gasteiger partial charge in [-0.3, -0.25) is 9.69 Å². The Labute approximate surface area is 127 Å². The van der Waals surface area contributed by atoms with Crippen LogP contribution < -0.4 is 5.32 Å². The molecule has 0 aliphatic carbocycles. The molecule has 2 rings (SSSR count). The van der Waals surface area contributed by atoms with Crippen molar-refractivity contribution in [3.63, 3.8) is 0 Å². The van der Waals surface area contributed by atoms with Crippen LogP contribution in [0.15, 0.2) is 6.20 Å². The fourth-order valence-corrected chi connectivity index (χ4v) is 2.76. The van der Waals surface area contributed by atoms with Gasteiger partial charge in [0, 0.05) is 36.9 Å². The molecule has 1 atom stereocenters. The van der Waals surface area contributed by atoms with Crippen LogP contribution in [0.5, 0.6) is 0 Å². The highest BCUT2D eigenvalue weighted by Gasteiger charge is 2.24. The van der Waals surface area contributed by atoms with Crippen molar-refractivity contribution in [3.8, 4) is 0 Å². The molecule has 1 aliphatic rings. The van der Waals surface area contributed by atoms with Crippen molar-refractivity contribution >= 4 is 5.91 Å². The van der Waals surface area contributed by atoms with Crippen LogP contribution in [0.4, 0.5) is 0 Å². The first-order valence-corrected chi connectivity index (χ1v) is 7.86. The number of nitrogens with one attached hydrogen (secondary N) is 2. The van der Waals surface area contributed by atoms with Gasteiger partial charge in [0.15, 0.2) is 0 Å². The van der Waals surface area contributed by atoms with Crippen LogP contribution in [0.2, 0.25) is 0 Å². The molecule has 1 unspecified atom stereocenters. The summed E-state index contributed by atoms with van der Waals surface area (Å²) in [5, 5.41) is 3.10. The number of aryl methyl sites for hydroxylation is 1. The quantitative estimate of drug-likeness (QED) is 0.893. The number of aromatic nitrogens is 2. The first-order chi connectivity index (χ1) is 9.84. The second-order valence-electron chi connectivity index (χ2n) is 7.20. The lowest BCUT2D eigenvalue weighted by Gasteiger charge is -2.33. The Morgan fingerprint density at radius 3 is 2.90 bits per heavy atom. The van der Waals surface area contributed by atoms with E-state index in [-0.39, 0.29) is 11.3 Å². The van der Waals surface area contributed by atoms with E-state index < -0.39 is 0 Å². The fraction of sp³-hybridized carbons (Fsp3) is 0.750. The Balaban J connectivity index is 1.79. The van der Waals surface area contributed by atoms with Gasteiger partial charge in [-0.2, -0.15) is 0 Å². The van der Waals surface area contributed by atoms with E-state index in [4.69, 9.17) is 0 Å². The summed E-state index contributed by atoms with van der Waals surface area (Å²) in [6.07, 6.45) is 4.31. The van der Waals surface area contributed by atoms with Crippen LogP contribution in [-0.2, 0) is 11.3 Å². The van der Waals surface area contributed by atoms with Gasteiger partial charge >= 0.3 is 0 Å². The van der Waals surface area contributed by atoms with Crippen molar-refractivity contribution in [2.24, 2.45) is 11.3 Å². The van der Waals surface area contributed by atoms with Gasteiger partial charge < -0.3 is 10.3 Å². The topological polar surface area (TPSA) is 61.0 Å². The van der Waals surface area contributed by atoms with E-state index in [9.17, 15) is 4.79 Å². The summed E-state index contributed by atoms with van der Waals surface area (Å²) in [7, 11) is 0. The second kappa shape index (κ2) is 6.60. The van der Waals surface area contributed by atoms with E-state index in [1.165, 1.54) is 18.5 Å². The van der Waals surface area contributed by atoms with Crippen LogP contribution >= 0.6 is 0 Å². The summed E-state index contributed by atoms with van der Waals surface area (Å²) in [4.78, 5) is 21.9. The number of likely N-dealkylation sites (tertiary alicyclic amines) is 1. The Hall–Kier alpha value is -1.36. The highest BCUT2D eigenvalue weighted by molar-refractivity contribution is 5.81. The predicted molar refractivity (Wildman–Crippen MR) is 83.8 cm³/mol. The molecule has 0 bridgehead atoms.